The molecule has 5 nitrogen and oxygen atoms in total. The number of benzene rings is 2. The van der Waals surface area contributed by atoms with Crippen molar-refractivity contribution in [1.29, 1.82) is 0 Å². The Morgan fingerprint density at radius 1 is 1.11 bits per heavy atom. The van der Waals surface area contributed by atoms with Gasteiger partial charge in [-0.3, -0.25) is 0 Å². The molecule has 2 aromatic rings. The summed E-state index contributed by atoms with van der Waals surface area (Å²) in [5.74, 6) is 1.00. The van der Waals surface area contributed by atoms with E-state index < -0.39 is 32.2 Å². The number of methoxy groups -OCH3 is 1. The van der Waals surface area contributed by atoms with Crippen LogP contribution in [0.1, 0.15) is 19.8 Å². The predicted octanol–water partition coefficient (Wildman–Crippen LogP) is 4.95. The smallest absolute Gasteiger partial charge is 0.465 e. The standard InChI is InChI=1S/C18H21F3O5S2/c1-13(24-2)25-15-9-8-14-6-5-7-17(16(14)12-15)27(10-3-4-11-27)26-28(22,23)18(19,20)21/h5-9,12-13H,3-4,10-11H2,1-2H3. The lowest BCUT2D eigenvalue weighted by Gasteiger charge is -2.35. The van der Waals surface area contributed by atoms with Crippen LogP contribution in [0.3, 0.4) is 0 Å². The van der Waals surface area contributed by atoms with Crippen LogP contribution in [-0.4, -0.2) is 38.8 Å². The van der Waals surface area contributed by atoms with Crippen LogP contribution in [0.25, 0.3) is 10.8 Å². The summed E-state index contributed by atoms with van der Waals surface area (Å²) in [7, 11) is -6.87. The van der Waals surface area contributed by atoms with Crippen molar-refractivity contribution in [2.24, 2.45) is 0 Å². The van der Waals surface area contributed by atoms with Gasteiger partial charge in [-0.1, -0.05) is 28.5 Å². The molecular weight excluding hydrogens is 417 g/mol. The molecule has 1 atom stereocenters. The van der Waals surface area contributed by atoms with Gasteiger partial charge in [-0.05, 0) is 48.7 Å². The molecule has 1 fully saturated rings. The zero-order chi connectivity index (χ0) is 20.6. The maximum Gasteiger partial charge on any atom is 0.523 e. The van der Waals surface area contributed by atoms with E-state index in [1.165, 1.54) is 7.11 Å². The van der Waals surface area contributed by atoms with Crippen molar-refractivity contribution in [2.75, 3.05) is 18.6 Å². The van der Waals surface area contributed by atoms with Gasteiger partial charge in [-0.25, -0.2) is 3.63 Å². The molecule has 0 aromatic heterocycles. The van der Waals surface area contributed by atoms with Gasteiger partial charge in [0.15, 0.2) is 6.29 Å². The van der Waals surface area contributed by atoms with Crippen molar-refractivity contribution in [3.63, 3.8) is 0 Å². The van der Waals surface area contributed by atoms with Crippen molar-refractivity contribution in [1.82, 2.24) is 0 Å². The highest BCUT2D eigenvalue weighted by Gasteiger charge is 2.52. The molecule has 1 heterocycles. The van der Waals surface area contributed by atoms with Crippen LogP contribution in [0, 0.1) is 0 Å². The van der Waals surface area contributed by atoms with Gasteiger partial charge in [0.25, 0.3) is 0 Å². The molecule has 0 spiro atoms. The van der Waals surface area contributed by atoms with Gasteiger partial charge >= 0.3 is 15.6 Å². The van der Waals surface area contributed by atoms with Crippen LogP contribution in [0.5, 0.6) is 5.75 Å². The first-order chi connectivity index (χ1) is 13.1. The van der Waals surface area contributed by atoms with Gasteiger partial charge in [-0.15, -0.1) is 0 Å². The molecule has 0 saturated carbocycles. The molecule has 156 valence electrons. The lowest BCUT2D eigenvalue weighted by molar-refractivity contribution is -0.0496. The zero-order valence-corrected chi connectivity index (χ0v) is 17.0. The van der Waals surface area contributed by atoms with E-state index in [9.17, 15) is 21.6 Å². The van der Waals surface area contributed by atoms with Gasteiger partial charge in [0.05, 0.1) is 0 Å². The Morgan fingerprint density at radius 2 is 1.79 bits per heavy atom. The molecule has 0 amide bonds. The minimum atomic E-state index is -5.70. The third kappa shape index (κ3) is 4.10. The van der Waals surface area contributed by atoms with E-state index in [0.29, 0.717) is 28.9 Å². The van der Waals surface area contributed by atoms with E-state index in [1.54, 1.807) is 37.3 Å². The number of hydrogen-bond donors (Lipinski definition) is 0. The molecule has 1 saturated heterocycles. The van der Waals surface area contributed by atoms with Crippen molar-refractivity contribution in [2.45, 2.75) is 36.5 Å². The molecule has 1 aliphatic rings. The topological polar surface area (TPSA) is 61.8 Å². The van der Waals surface area contributed by atoms with Crippen molar-refractivity contribution in [3.05, 3.63) is 36.4 Å². The number of hydrogen-bond acceptors (Lipinski definition) is 5. The van der Waals surface area contributed by atoms with Gasteiger partial charge in [0.2, 0.25) is 0 Å². The quantitative estimate of drug-likeness (QED) is 0.472. The van der Waals surface area contributed by atoms with E-state index in [1.807, 2.05) is 6.07 Å². The second-order valence-electron chi connectivity index (χ2n) is 6.46. The van der Waals surface area contributed by atoms with Crippen molar-refractivity contribution >= 4 is 31.2 Å². The second-order valence-corrected chi connectivity index (χ2v) is 11.3. The van der Waals surface area contributed by atoms with Crippen molar-refractivity contribution < 1.29 is 34.7 Å². The Balaban J connectivity index is 2.12. The SMILES string of the molecule is COC(C)Oc1ccc2cccc(S3(OS(=O)(=O)C(F)(F)F)CCCC3)c2c1. The average Bonchev–Trinajstić information content (AvgIpc) is 3.08. The summed E-state index contributed by atoms with van der Waals surface area (Å²) in [6, 6.07) is 10.4. The zero-order valence-electron chi connectivity index (χ0n) is 15.4. The first-order valence-electron chi connectivity index (χ1n) is 8.61. The van der Waals surface area contributed by atoms with Crippen molar-refractivity contribution in [3.8, 4) is 5.75 Å². The molecule has 1 unspecified atom stereocenters. The molecule has 28 heavy (non-hydrogen) atoms. The lowest BCUT2D eigenvalue weighted by Crippen LogP contribution is -2.27. The molecule has 1 aliphatic heterocycles. The number of halogens is 3. The Labute approximate surface area is 163 Å². The molecule has 0 radical (unpaired) electrons. The molecular formula is C18H21F3O5S2. The van der Waals surface area contributed by atoms with E-state index in [-0.39, 0.29) is 11.5 Å². The van der Waals surface area contributed by atoms with E-state index in [2.05, 4.69) is 0 Å². The summed E-state index contributed by atoms with van der Waals surface area (Å²) in [5.41, 5.74) is -5.46. The molecule has 0 N–H and O–H groups in total. The average molecular weight is 438 g/mol. The van der Waals surface area contributed by atoms with Crippen LogP contribution in [0.2, 0.25) is 0 Å². The van der Waals surface area contributed by atoms with Gasteiger partial charge in [0, 0.05) is 23.5 Å². The fourth-order valence-corrected chi connectivity index (χ4v) is 8.57. The van der Waals surface area contributed by atoms with Crippen LogP contribution in [0.4, 0.5) is 13.2 Å². The largest absolute Gasteiger partial charge is 0.523 e. The van der Waals surface area contributed by atoms with Crippen LogP contribution < -0.4 is 4.74 Å². The minimum Gasteiger partial charge on any atom is -0.465 e. The summed E-state index contributed by atoms with van der Waals surface area (Å²) in [6.45, 7) is 1.71. The second kappa shape index (κ2) is 7.74. The summed E-state index contributed by atoms with van der Waals surface area (Å²) >= 11 is 0. The summed E-state index contributed by atoms with van der Waals surface area (Å²) in [6.07, 6.45) is 0.700. The first-order valence-corrected chi connectivity index (χ1v) is 11.9. The highest BCUT2D eigenvalue weighted by atomic mass is 32.3. The fourth-order valence-electron chi connectivity index (χ4n) is 3.17. The normalized spacial score (nSPS) is 19.5. The Bertz CT molecular complexity index is 953. The van der Waals surface area contributed by atoms with E-state index >= 15 is 0 Å². The first kappa shape index (κ1) is 21.2. The van der Waals surface area contributed by atoms with Gasteiger partial charge in [0.1, 0.15) is 5.75 Å². The van der Waals surface area contributed by atoms with E-state index in [4.69, 9.17) is 13.1 Å². The third-order valence-corrected chi connectivity index (χ3v) is 9.93. The number of alkyl halides is 3. The summed E-state index contributed by atoms with van der Waals surface area (Å²) in [5, 5.41) is 1.39. The Kier molecular flexibility index (Phi) is 5.86. The monoisotopic (exact) mass is 438 g/mol. The summed E-state index contributed by atoms with van der Waals surface area (Å²) in [4.78, 5) is 0.492. The molecule has 2 aromatic carbocycles. The Morgan fingerprint density at radius 3 is 2.39 bits per heavy atom. The van der Waals surface area contributed by atoms with E-state index in [0.717, 1.165) is 5.39 Å². The number of ether oxygens (including phenoxy) is 2. The summed E-state index contributed by atoms with van der Waals surface area (Å²) < 4.78 is 78.3. The highest BCUT2D eigenvalue weighted by Crippen LogP contribution is 2.65. The van der Waals surface area contributed by atoms with Gasteiger partial charge in [-0.2, -0.15) is 21.6 Å². The Hall–Kier alpha value is -1.49. The van der Waals surface area contributed by atoms with Crippen LogP contribution in [-0.2, 0) is 18.5 Å². The molecule has 10 heteroatoms. The maximum absolute atomic E-state index is 13.0. The van der Waals surface area contributed by atoms with Crippen LogP contribution >= 0.6 is 10.3 Å². The van der Waals surface area contributed by atoms with Gasteiger partial charge < -0.3 is 9.47 Å². The highest BCUT2D eigenvalue weighted by molar-refractivity contribution is 8.33. The third-order valence-electron chi connectivity index (χ3n) is 4.55. The van der Waals surface area contributed by atoms with Crippen LogP contribution in [0.15, 0.2) is 41.3 Å². The molecule has 0 aliphatic carbocycles. The number of fused-ring (bicyclic) bond motifs is 1. The number of rotatable bonds is 6. The predicted molar refractivity (Wildman–Crippen MR) is 102 cm³/mol. The fraction of sp³-hybridized carbons (Fsp3) is 0.444. The minimum absolute atomic E-state index is 0.265. The maximum atomic E-state index is 13.0. The molecule has 3 rings (SSSR count). The lowest BCUT2D eigenvalue weighted by atomic mass is 10.1. The molecule has 0 bridgehead atoms.